The summed E-state index contributed by atoms with van der Waals surface area (Å²) in [6, 6.07) is 6.97. The lowest BCUT2D eigenvalue weighted by molar-refractivity contribution is 0.0652. The number of fused-ring (bicyclic) bond motifs is 1. The molecule has 0 spiro atoms. The summed E-state index contributed by atoms with van der Waals surface area (Å²) in [7, 11) is 0. The molecule has 96 valence electrons. The fourth-order valence-corrected chi connectivity index (χ4v) is 2.27. The third kappa shape index (κ3) is 1.98. The van der Waals surface area contributed by atoms with Gasteiger partial charge in [-0.1, -0.05) is 16.8 Å². The molecule has 2 heterocycles. The summed E-state index contributed by atoms with van der Waals surface area (Å²) in [4.78, 5) is 14.0. The second-order valence-corrected chi connectivity index (χ2v) is 4.66. The summed E-state index contributed by atoms with van der Waals surface area (Å²) in [5.41, 5.74) is 2.97. The van der Waals surface area contributed by atoms with Crippen LogP contribution in [0.15, 0.2) is 28.8 Å². The minimum atomic E-state index is -1.16. The number of hydrogen-bond acceptors (Lipinski definition) is 3. The summed E-state index contributed by atoms with van der Waals surface area (Å²) in [6.07, 6.45) is 0. The third-order valence-corrected chi connectivity index (χ3v) is 3.15. The van der Waals surface area contributed by atoms with Crippen LogP contribution in [0.3, 0.4) is 0 Å². The zero-order chi connectivity index (χ0) is 13.6. The van der Waals surface area contributed by atoms with Gasteiger partial charge in [0.15, 0.2) is 0 Å². The van der Waals surface area contributed by atoms with Gasteiger partial charge in [0.2, 0.25) is 5.76 Å². The number of carboxylic acids is 1. The van der Waals surface area contributed by atoms with E-state index in [2.05, 4.69) is 10.1 Å². The van der Waals surface area contributed by atoms with Crippen LogP contribution in [-0.2, 0) is 0 Å². The highest BCUT2D eigenvalue weighted by atomic mass is 35.5. The van der Waals surface area contributed by atoms with Gasteiger partial charge in [0.25, 0.3) is 0 Å². The lowest BCUT2D eigenvalue weighted by Crippen LogP contribution is -1.91. The van der Waals surface area contributed by atoms with Crippen molar-refractivity contribution in [1.29, 1.82) is 0 Å². The number of H-pyrrole nitrogens is 1. The van der Waals surface area contributed by atoms with Crippen LogP contribution in [0.2, 0.25) is 5.02 Å². The molecule has 0 aliphatic rings. The van der Waals surface area contributed by atoms with Gasteiger partial charge in [-0.2, -0.15) is 0 Å². The van der Waals surface area contributed by atoms with Crippen molar-refractivity contribution in [2.45, 2.75) is 6.92 Å². The molecule has 5 nitrogen and oxygen atoms in total. The Balaban J connectivity index is 2.17. The van der Waals surface area contributed by atoms with Crippen molar-refractivity contribution in [3.05, 3.63) is 40.7 Å². The van der Waals surface area contributed by atoms with Crippen LogP contribution in [0.4, 0.5) is 0 Å². The number of aryl methyl sites for hydroxylation is 1. The van der Waals surface area contributed by atoms with Gasteiger partial charge < -0.3 is 14.6 Å². The monoisotopic (exact) mass is 276 g/mol. The van der Waals surface area contributed by atoms with E-state index in [0.29, 0.717) is 16.3 Å². The summed E-state index contributed by atoms with van der Waals surface area (Å²) in [6.45, 7) is 1.95. The first kappa shape index (κ1) is 11.8. The van der Waals surface area contributed by atoms with Crippen LogP contribution >= 0.6 is 11.6 Å². The van der Waals surface area contributed by atoms with Gasteiger partial charge in [-0.15, -0.1) is 0 Å². The molecule has 0 atom stereocenters. The highest BCUT2D eigenvalue weighted by molar-refractivity contribution is 6.34. The number of halogens is 1. The van der Waals surface area contributed by atoms with E-state index in [-0.39, 0.29) is 5.76 Å². The fourth-order valence-electron chi connectivity index (χ4n) is 2.00. The van der Waals surface area contributed by atoms with Gasteiger partial charge >= 0.3 is 5.97 Å². The van der Waals surface area contributed by atoms with E-state index in [1.54, 1.807) is 0 Å². The molecule has 0 saturated heterocycles. The molecule has 6 heteroatoms. The number of nitrogens with one attached hydrogen (secondary N) is 1. The molecule has 0 aliphatic heterocycles. The second kappa shape index (κ2) is 4.13. The van der Waals surface area contributed by atoms with Crippen molar-refractivity contribution >= 4 is 28.5 Å². The molecular formula is C13H9ClN2O3. The van der Waals surface area contributed by atoms with E-state index in [1.165, 1.54) is 6.07 Å². The van der Waals surface area contributed by atoms with E-state index in [9.17, 15) is 4.79 Å². The Labute approximate surface area is 112 Å². The van der Waals surface area contributed by atoms with E-state index in [0.717, 1.165) is 16.6 Å². The van der Waals surface area contributed by atoms with Crippen LogP contribution in [0.5, 0.6) is 0 Å². The number of nitrogens with zero attached hydrogens (tertiary/aromatic N) is 1. The Hall–Kier alpha value is -2.27. The van der Waals surface area contributed by atoms with Crippen molar-refractivity contribution in [3.8, 4) is 11.3 Å². The summed E-state index contributed by atoms with van der Waals surface area (Å²) in [5.74, 6) is -1.37. The Morgan fingerprint density at radius 2 is 2.16 bits per heavy atom. The zero-order valence-corrected chi connectivity index (χ0v) is 10.7. The van der Waals surface area contributed by atoms with Gasteiger partial charge in [0, 0.05) is 28.2 Å². The second-order valence-electron chi connectivity index (χ2n) is 4.25. The van der Waals surface area contributed by atoms with Crippen molar-refractivity contribution in [2.24, 2.45) is 0 Å². The van der Waals surface area contributed by atoms with E-state index in [4.69, 9.17) is 21.2 Å². The van der Waals surface area contributed by atoms with E-state index >= 15 is 0 Å². The number of rotatable bonds is 2. The van der Waals surface area contributed by atoms with Crippen molar-refractivity contribution in [3.63, 3.8) is 0 Å². The smallest absolute Gasteiger partial charge is 0.374 e. The quantitative estimate of drug-likeness (QED) is 0.751. The molecule has 1 aromatic carbocycles. The van der Waals surface area contributed by atoms with Gasteiger partial charge in [-0.05, 0) is 25.1 Å². The van der Waals surface area contributed by atoms with Crippen LogP contribution in [0.1, 0.15) is 16.2 Å². The maximum atomic E-state index is 10.8. The Bertz CT molecular complexity index is 788. The molecule has 0 radical (unpaired) electrons. The lowest BCUT2D eigenvalue weighted by atomic mass is 10.1. The maximum Gasteiger partial charge on any atom is 0.374 e. The Morgan fingerprint density at radius 3 is 2.84 bits per heavy atom. The number of carboxylic acid groups (broad SMARTS) is 1. The zero-order valence-electron chi connectivity index (χ0n) is 9.90. The predicted octanol–water partition coefficient (Wildman–Crippen LogP) is 3.48. The SMILES string of the molecule is Cc1cc2cc(Cl)c(-c3cc(C(=O)O)on3)cc2[nH]1. The first-order valence-corrected chi connectivity index (χ1v) is 5.91. The predicted molar refractivity (Wildman–Crippen MR) is 70.5 cm³/mol. The van der Waals surface area contributed by atoms with Gasteiger partial charge in [0.1, 0.15) is 5.69 Å². The lowest BCUT2D eigenvalue weighted by Gasteiger charge is -2.00. The molecule has 19 heavy (non-hydrogen) atoms. The molecule has 2 N–H and O–H groups in total. The topological polar surface area (TPSA) is 79.1 Å². The number of carbonyl (C=O) groups is 1. The Morgan fingerprint density at radius 1 is 1.37 bits per heavy atom. The van der Waals surface area contributed by atoms with Crippen molar-refractivity contribution in [2.75, 3.05) is 0 Å². The molecule has 3 rings (SSSR count). The largest absolute Gasteiger partial charge is 0.475 e. The minimum Gasteiger partial charge on any atom is -0.475 e. The highest BCUT2D eigenvalue weighted by Gasteiger charge is 2.15. The van der Waals surface area contributed by atoms with Crippen LogP contribution in [-0.4, -0.2) is 21.2 Å². The number of aromatic amines is 1. The minimum absolute atomic E-state index is 0.214. The molecule has 0 fully saturated rings. The maximum absolute atomic E-state index is 10.8. The first-order valence-electron chi connectivity index (χ1n) is 5.54. The molecular weight excluding hydrogens is 268 g/mol. The van der Waals surface area contributed by atoms with Crippen molar-refractivity contribution in [1.82, 2.24) is 10.1 Å². The average molecular weight is 277 g/mol. The summed E-state index contributed by atoms with van der Waals surface area (Å²) >= 11 is 6.19. The van der Waals surface area contributed by atoms with Crippen molar-refractivity contribution < 1.29 is 14.4 Å². The van der Waals surface area contributed by atoms with Gasteiger partial charge in [-0.3, -0.25) is 0 Å². The molecule has 3 aromatic rings. The first-order chi connectivity index (χ1) is 9.04. The molecule has 0 amide bonds. The van der Waals surface area contributed by atoms with Gasteiger partial charge in [-0.25, -0.2) is 4.79 Å². The van der Waals surface area contributed by atoms with Crippen LogP contribution in [0.25, 0.3) is 22.2 Å². The number of aromatic carboxylic acids is 1. The van der Waals surface area contributed by atoms with Crippen LogP contribution in [0, 0.1) is 6.92 Å². The normalized spacial score (nSPS) is 11.1. The third-order valence-electron chi connectivity index (χ3n) is 2.84. The van der Waals surface area contributed by atoms with Crippen LogP contribution < -0.4 is 0 Å². The molecule has 0 unspecified atom stereocenters. The molecule has 0 aliphatic carbocycles. The molecule has 2 aromatic heterocycles. The van der Waals surface area contributed by atoms with E-state index in [1.807, 2.05) is 25.1 Å². The number of aromatic nitrogens is 2. The number of benzene rings is 1. The average Bonchev–Trinajstić information content (AvgIpc) is 2.92. The number of hydrogen-bond donors (Lipinski definition) is 2. The summed E-state index contributed by atoms with van der Waals surface area (Å²) in [5, 5.41) is 14.0. The molecule has 0 saturated carbocycles. The fraction of sp³-hybridized carbons (Fsp3) is 0.0769. The Kier molecular flexibility index (Phi) is 2.57. The van der Waals surface area contributed by atoms with Gasteiger partial charge in [0.05, 0.1) is 5.02 Å². The van der Waals surface area contributed by atoms with E-state index < -0.39 is 5.97 Å². The molecule has 0 bridgehead atoms. The highest BCUT2D eigenvalue weighted by Crippen LogP contribution is 2.32. The standard InChI is InChI=1S/C13H9ClN2O3/c1-6-2-7-3-9(14)8(4-10(7)15-6)11-5-12(13(17)18)19-16-11/h2-5,15H,1H3,(H,17,18). The summed E-state index contributed by atoms with van der Waals surface area (Å²) < 4.78 is 4.73.